The highest BCUT2D eigenvalue weighted by Crippen LogP contribution is 2.50. The highest BCUT2D eigenvalue weighted by atomic mass is 16.5. The molecule has 1 aliphatic rings. The molecule has 0 fully saturated rings. The fourth-order valence-electron chi connectivity index (χ4n) is 4.68. The van der Waals surface area contributed by atoms with E-state index in [0.717, 1.165) is 22.4 Å². The van der Waals surface area contributed by atoms with E-state index in [9.17, 15) is 9.90 Å². The zero-order valence-electron chi connectivity index (χ0n) is 19.9. The van der Waals surface area contributed by atoms with Gasteiger partial charge >= 0.3 is 5.97 Å². The van der Waals surface area contributed by atoms with Crippen LogP contribution in [-0.2, 0) is 20.6 Å². The summed E-state index contributed by atoms with van der Waals surface area (Å²) in [7, 11) is 0. The first-order valence-corrected chi connectivity index (χ1v) is 11.4. The fourth-order valence-corrected chi connectivity index (χ4v) is 4.68. The summed E-state index contributed by atoms with van der Waals surface area (Å²) in [6.45, 7) is 13.1. The van der Waals surface area contributed by atoms with Crippen LogP contribution in [0.4, 0.5) is 0 Å². The summed E-state index contributed by atoms with van der Waals surface area (Å²) in [5, 5.41) is 10.4. The summed E-state index contributed by atoms with van der Waals surface area (Å²) in [4.78, 5) is 12.7. The molecule has 0 bridgehead atoms. The van der Waals surface area contributed by atoms with E-state index in [-0.39, 0.29) is 17.8 Å². The Labute approximate surface area is 190 Å². The minimum atomic E-state index is -0.994. The number of carbonyl (C=O) groups is 1. The van der Waals surface area contributed by atoms with Crippen molar-refractivity contribution in [1.29, 1.82) is 0 Å². The first kappa shape index (κ1) is 24.2. The molecule has 0 aliphatic carbocycles. The van der Waals surface area contributed by atoms with Crippen LogP contribution in [0.2, 0.25) is 0 Å². The number of carboxylic acid groups (broad SMARTS) is 1. The predicted octanol–water partition coefficient (Wildman–Crippen LogP) is 6.37. The van der Waals surface area contributed by atoms with E-state index in [0.29, 0.717) is 43.1 Å². The molecule has 0 spiro atoms. The number of hydrogen-bond acceptors (Lipinski definition) is 5. The Morgan fingerprint density at radius 3 is 2.00 bits per heavy atom. The van der Waals surface area contributed by atoms with Crippen molar-refractivity contribution in [2.75, 3.05) is 19.8 Å². The van der Waals surface area contributed by atoms with Gasteiger partial charge in [0, 0.05) is 42.9 Å². The summed E-state index contributed by atoms with van der Waals surface area (Å²) in [5.41, 5.74) is 4.12. The molecule has 32 heavy (non-hydrogen) atoms. The molecule has 3 rings (SSSR count). The highest BCUT2D eigenvalue weighted by Gasteiger charge is 2.37. The number of aromatic carboxylic acids is 1. The highest BCUT2D eigenvalue weighted by molar-refractivity contribution is 5.94. The van der Waals surface area contributed by atoms with Gasteiger partial charge in [-0.1, -0.05) is 18.2 Å². The number of carboxylic acids is 1. The maximum atomic E-state index is 12.7. The van der Waals surface area contributed by atoms with Crippen molar-refractivity contribution in [3.8, 4) is 11.5 Å². The molecule has 0 saturated heterocycles. The molecule has 2 aromatic carbocycles. The van der Waals surface area contributed by atoms with Gasteiger partial charge in [-0.25, -0.2) is 4.79 Å². The standard InChI is InChI=1S/C26H34O6/c1-7-29-15(4)21-22(16(5)30-8-2)24(26(27)28)19-14-18-12-10-11-13-20(18)32-25(19)23(21)17(6)31-9-3/h10-13,15-17H,7-9,14H2,1-6H3,(H,27,28). The van der Waals surface area contributed by atoms with Crippen molar-refractivity contribution in [2.24, 2.45) is 0 Å². The molecular formula is C26H34O6. The van der Waals surface area contributed by atoms with Crippen LogP contribution in [0.3, 0.4) is 0 Å². The molecular weight excluding hydrogens is 408 g/mol. The minimum absolute atomic E-state index is 0.240. The summed E-state index contributed by atoms with van der Waals surface area (Å²) in [6, 6.07) is 7.74. The Morgan fingerprint density at radius 2 is 1.44 bits per heavy atom. The number of rotatable bonds is 10. The molecule has 1 heterocycles. The van der Waals surface area contributed by atoms with Crippen LogP contribution in [0.5, 0.6) is 11.5 Å². The second-order valence-corrected chi connectivity index (χ2v) is 7.91. The maximum absolute atomic E-state index is 12.7. The Morgan fingerprint density at radius 1 is 0.906 bits per heavy atom. The molecule has 0 saturated carbocycles. The average molecular weight is 443 g/mol. The van der Waals surface area contributed by atoms with Crippen molar-refractivity contribution in [2.45, 2.75) is 66.3 Å². The van der Waals surface area contributed by atoms with Gasteiger partial charge in [-0.3, -0.25) is 0 Å². The lowest BCUT2D eigenvalue weighted by atomic mass is 9.81. The topological polar surface area (TPSA) is 74.2 Å². The smallest absolute Gasteiger partial charge is 0.336 e. The number of benzene rings is 2. The van der Waals surface area contributed by atoms with Crippen LogP contribution in [0.1, 0.15) is 98.0 Å². The van der Waals surface area contributed by atoms with E-state index in [1.54, 1.807) is 0 Å². The number of para-hydroxylation sites is 1. The van der Waals surface area contributed by atoms with E-state index in [1.165, 1.54) is 0 Å². The zero-order chi connectivity index (χ0) is 23.4. The monoisotopic (exact) mass is 442 g/mol. The van der Waals surface area contributed by atoms with E-state index in [1.807, 2.05) is 65.8 Å². The van der Waals surface area contributed by atoms with Crippen LogP contribution in [0.25, 0.3) is 0 Å². The van der Waals surface area contributed by atoms with Gasteiger partial charge in [0.05, 0.1) is 23.9 Å². The SMILES string of the molecule is CCOC(C)c1c2c(c(C(=O)O)c(C(C)OCC)c1C(C)OCC)Cc1ccccc1O2. The Kier molecular flexibility index (Phi) is 7.93. The van der Waals surface area contributed by atoms with Crippen LogP contribution in [0.15, 0.2) is 24.3 Å². The second-order valence-electron chi connectivity index (χ2n) is 7.91. The lowest BCUT2D eigenvalue weighted by Crippen LogP contribution is -2.23. The van der Waals surface area contributed by atoms with Gasteiger partial charge in [-0.2, -0.15) is 0 Å². The molecule has 0 aromatic heterocycles. The van der Waals surface area contributed by atoms with Crippen molar-refractivity contribution in [1.82, 2.24) is 0 Å². The zero-order valence-corrected chi connectivity index (χ0v) is 19.9. The van der Waals surface area contributed by atoms with Gasteiger partial charge in [0.15, 0.2) is 0 Å². The molecule has 3 atom stereocenters. The molecule has 0 amide bonds. The molecule has 2 aromatic rings. The van der Waals surface area contributed by atoms with Gasteiger partial charge in [-0.15, -0.1) is 0 Å². The number of ether oxygens (including phenoxy) is 4. The lowest BCUT2D eigenvalue weighted by molar-refractivity contribution is 0.0473. The van der Waals surface area contributed by atoms with Crippen molar-refractivity contribution in [3.05, 3.63) is 57.6 Å². The Bertz CT molecular complexity index is 967. The molecule has 6 heteroatoms. The minimum Gasteiger partial charge on any atom is -0.478 e. The van der Waals surface area contributed by atoms with Gasteiger partial charge in [0.25, 0.3) is 0 Å². The summed E-state index contributed by atoms with van der Waals surface area (Å²) in [6.07, 6.45) is -0.639. The predicted molar refractivity (Wildman–Crippen MR) is 123 cm³/mol. The van der Waals surface area contributed by atoms with E-state index < -0.39 is 12.1 Å². The molecule has 0 radical (unpaired) electrons. The van der Waals surface area contributed by atoms with Crippen LogP contribution >= 0.6 is 0 Å². The quantitative estimate of drug-likeness (QED) is 0.393. The van der Waals surface area contributed by atoms with Gasteiger partial charge in [-0.05, 0) is 58.7 Å². The van der Waals surface area contributed by atoms with Crippen LogP contribution < -0.4 is 4.74 Å². The third-order valence-electron chi connectivity index (χ3n) is 5.91. The molecule has 3 unspecified atom stereocenters. The molecule has 1 N–H and O–H groups in total. The molecule has 174 valence electrons. The molecule has 1 aliphatic heterocycles. The van der Waals surface area contributed by atoms with Gasteiger partial charge < -0.3 is 24.1 Å². The third-order valence-corrected chi connectivity index (χ3v) is 5.91. The fraction of sp³-hybridized carbons (Fsp3) is 0.500. The van der Waals surface area contributed by atoms with Crippen molar-refractivity contribution >= 4 is 5.97 Å². The maximum Gasteiger partial charge on any atom is 0.336 e. The third kappa shape index (κ3) is 4.53. The number of fused-ring (bicyclic) bond motifs is 2. The van der Waals surface area contributed by atoms with E-state index >= 15 is 0 Å². The summed E-state index contributed by atoms with van der Waals surface area (Å²) < 4.78 is 24.4. The Balaban J connectivity index is 2.42. The average Bonchev–Trinajstić information content (AvgIpc) is 2.76. The molecule has 6 nitrogen and oxygen atoms in total. The number of hydrogen-bond donors (Lipinski definition) is 1. The first-order valence-electron chi connectivity index (χ1n) is 11.4. The van der Waals surface area contributed by atoms with Gasteiger partial charge in [0.1, 0.15) is 11.5 Å². The van der Waals surface area contributed by atoms with E-state index in [4.69, 9.17) is 18.9 Å². The first-order chi connectivity index (χ1) is 15.3. The van der Waals surface area contributed by atoms with Gasteiger partial charge in [0.2, 0.25) is 0 Å². The lowest BCUT2D eigenvalue weighted by Gasteiger charge is -2.34. The van der Waals surface area contributed by atoms with Crippen molar-refractivity contribution in [3.63, 3.8) is 0 Å². The van der Waals surface area contributed by atoms with Crippen LogP contribution in [0, 0.1) is 0 Å². The van der Waals surface area contributed by atoms with Crippen LogP contribution in [-0.4, -0.2) is 30.9 Å². The normalized spacial score (nSPS) is 15.3. The summed E-state index contributed by atoms with van der Waals surface area (Å²) >= 11 is 0. The Hall–Kier alpha value is -2.41. The van der Waals surface area contributed by atoms with Crippen molar-refractivity contribution < 1.29 is 28.8 Å². The summed E-state index contributed by atoms with van der Waals surface area (Å²) in [5.74, 6) is 0.310. The van der Waals surface area contributed by atoms with E-state index in [2.05, 4.69) is 0 Å². The largest absolute Gasteiger partial charge is 0.478 e. The second kappa shape index (κ2) is 10.5.